The second kappa shape index (κ2) is 4.99. The molecule has 1 atom stereocenters. The third-order valence-corrected chi connectivity index (χ3v) is 2.46. The van der Waals surface area contributed by atoms with Crippen LogP contribution in [-0.2, 0) is 6.42 Å². The average Bonchev–Trinajstić information content (AvgIpc) is 2.18. The number of halogens is 1. The maximum absolute atomic E-state index is 13.4. The number of aryl methyl sites for hydroxylation is 1. The molecule has 0 fully saturated rings. The van der Waals surface area contributed by atoms with Gasteiger partial charge in [-0.15, -0.1) is 0 Å². The highest BCUT2D eigenvalue weighted by Crippen LogP contribution is 2.16. The molecule has 14 heavy (non-hydrogen) atoms. The summed E-state index contributed by atoms with van der Waals surface area (Å²) < 4.78 is 13.4. The van der Waals surface area contributed by atoms with Crippen molar-refractivity contribution in [1.82, 2.24) is 0 Å². The molecule has 0 aromatic heterocycles. The second-order valence-electron chi connectivity index (χ2n) is 3.61. The Kier molecular flexibility index (Phi) is 3.93. The summed E-state index contributed by atoms with van der Waals surface area (Å²) in [7, 11) is 0. The van der Waals surface area contributed by atoms with E-state index in [0.717, 1.165) is 24.1 Å². The lowest BCUT2D eigenvalue weighted by Crippen LogP contribution is -2.13. The van der Waals surface area contributed by atoms with E-state index in [1.54, 1.807) is 6.07 Å². The largest absolute Gasteiger partial charge is 0.383 e. The molecule has 78 valence electrons. The Hall–Kier alpha value is -1.05. The number of hydrogen-bond donors (Lipinski definition) is 1. The zero-order valence-corrected chi connectivity index (χ0v) is 9.10. The summed E-state index contributed by atoms with van der Waals surface area (Å²) in [5.74, 6) is -0.110. The first kappa shape index (κ1) is 11.0. The fourth-order valence-electron chi connectivity index (χ4n) is 1.31. The van der Waals surface area contributed by atoms with Crippen LogP contribution in [0.5, 0.6) is 0 Å². The highest BCUT2D eigenvalue weighted by molar-refractivity contribution is 5.46. The van der Waals surface area contributed by atoms with Crippen molar-refractivity contribution in [1.29, 1.82) is 0 Å². The minimum Gasteiger partial charge on any atom is -0.383 e. The summed E-state index contributed by atoms with van der Waals surface area (Å²) in [4.78, 5) is 0. The molecule has 1 aromatic carbocycles. The standard InChI is InChI=1S/C12H18FN/c1-4-9(3)14-11-7-6-10(5-2)12(13)8-11/h6-9,14H,4-5H2,1-3H3. The molecular weight excluding hydrogens is 177 g/mol. The van der Waals surface area contributed by atoms with Crippen molar-refractivity contribution in [3.8, 4) is 0 Å². The SMILES string of the molecule is CCc1ccc(NC(C)CC)cc1F. The molecule has 0 aliphatic carbocycles. The number of benzene rings is 1. The van der Waals surface area contributed by atoms with E-state index in [1.807, 2.05) is 19.1 Å². The van der Waals surface area contributed by atoms with E-state index < -0.39 is 0 Å². The zero-order chi connectivity index (χ0) is 10.6. The fourth-order valence-corrected chi connectivity index (χ4v) is 1.31. The lowest BCUT2D eigenvalue weighted by molar-refractivity contribution is 0.612. The molecule has 1 unspecified atom stereocenters. The molecule has 0 aliphatic rings. The van der Waals surface area contributed by atoms with Gasteiger partial charge in [0.2, 0.25) is 0 Å². The summed E-state index contributed by atoms with van der Waals surface area (Å²) in [5, 5.41) is 3.24. The Balaban J connectivity index is 2.76. The Labute approximate surface area is 85.3 Å². The molecule has 0 saturated heterocycles. The van der Waals surface area contributed by atoms with Crippen LogP contribution in [0.2, 0.25) is 0 Å². The number of anilines is 1. The van der Waals surface area contributed by atoms with Crippen molar-refractivity contribution < 1.29 is 4.39 Å². The van der Waals surface area contributed by atoms with Crippen LogP contribution in [-0.4, -0.2) is 6.04 Å². The fraction of sp³-hybridized carbons (Fsp3) is 0.500. The van der Waals surface area contributed by atoms with Crippen LogP contribution in [0.1, 0.15) is 32.8 Å². The molecule has 1 aromatic rings. The highest BCUT2D eigenvalue weighted by Gasteiger charge is 2.03. The first-order valence-electron chi connectivity index (χ1n) is 5.22. The molecule has 2 heteroatoms. The minimum atomic E-state index is -0.110. The van der Waals surface area contributed by atoms with Gasteiger partial charge in [0.05, 0.1) is 0 Å². The molecule has 0 radical (unpaired) electrons. The normalized spacial score (nSPS) is 12.6. The summed E-state index contributed by atoms with van der Waals surface area (Å²) >= 11 is 0. The van der Waals surface area contributed by atoms with Crippen LogP contribution >= 0.6 is 0 Å². The molecule has 1 nitrogen and oxygen atoms in total. The first-order chi connectivity index (χ1) is 6.67. The first-order valence-corrected chi connectivity index (χ1v) is 5.22. The van der Waals surface area contributed by atoms with Crippen molar-refractivity contribution in [3.05, 3.63) is 29.6 Å². The van der Waals surface area contributed by atoms with E-state index in [-0.39, 0.29) is 5.82 Å². The number of nitrogens with one attached hydrogen (secondary N) is 1. The van der Waals surface area contributed by atoms with Crippen molar-refractivity contribution in [2.75, 3.05) is 5.32 Å². The maximum Gasteiger partial charge on any atom is 0.128 e. The average molecular weight is 195 g/mol. The monoisotopic (exact) mass is 195 g/mol. The third-order valence-electron chi connectivity index (χ3n) is 2.46. The van der Waals surface area contributed by atoms with Crippen molar-refractivity contribution in [2.24, 2.45) is 0 Å². The lowest BCUT2D eigenvalue weighted by atomic mass is 10.1. The van der Waals surface area contributed by atoms with E-state index in [4.69, 9.17) is 0 Å². The highest BCUT2D eigenvalue weighted by atomic mass is 19.1. The van der Waals surface area contributed by atoms with Gasteiger partial charge in [-0.2, -0.15) is 0 Å². The van der Waals surface area contributed by atoms with Gasteiger partial charge in [-0.1, -0.05) is 19.9 Å². The molecule has 0 bridgehead atoms. The van der Waals surface area contributed by atoms with Crippen LogP contribution < -0.4 is 5.32 Å². The predicted octanol–water partition coefficient (Wildman–Crippen LogP) is 3.60. The molecule has 0 spiro atoms. The molecular formula is C12H18FN. The minimum absolute atomic E-state index is 0.110. The van der Waals surface area contributed by atoms with Crippen LogP contribution in [0.4, 0.5) is 10.1 Å². The van der Waals surface area contributed by atoms with Crippen LogP contribution in [0.15, 0.2) is 18.2 Å². The maximum atomic E-state index is 13.4. The van der Waals surface area contributed by atoms with Gasteiger partial charge in [-0.25, -0.2) is 4.39 Å². The second-order valence-corrected chi connectivity index (χ2v) is 3.61. The van der Waals surface area contributed by atoms with Crippen LogP contribution in [0, 0.1) is 5.82 Å². The Morgan fingerprint density at radius 1 is 1.36 bits per heavy atom. The van der Waals surface area contributed by atoms with E-state index >= 15 is 0 Å². The zero-order valence-electron chi connectivity index (χ0n) is 9.10. The van der Waals surface area contributed by atoms with Gasteiger partial charge in [-0.05, 0) is 37.5 Å². The topological polar surface area (TPSA) is 12.0 Å². The van der Waals surface area contributed by atoms with E-state index in [0.29, 0.717) is 6.04 Å². The molecule has 0 saturated carbocycles. The van der Waals surface area contributed by atoms with Gasteiger partial charge < -0.3 is 5.32 Å². The van der Waals surface area contributed by atoms with Crippen LogP contribution in [0.25, 0.3) is 0 Å². The van der Waals surface area contributed by atoms with E-state index in [2.05, 4.69) is 19.2 Å². The molecule has 1 N–H and O–H groups in total. The van der Waals surface area contributed by atoms with Gasteiger partial charge in [0.1, 0.15) is 5.82 Å². The van der Waals surface area contributed by atoms with Crippen molar-refractivity contribution >= 4 is 5.69 Å². The Bertz CT molecular complexity index is 296. The van der Waals surface area contributed by atoms with E-state index in [1.165, 1.54) is 0 Å². The van der Waals surface area contributed by atoms with E-state index in [9.17, 15) is 4.39 Å². The van der Waals surface area contributed by atoms with Crippen molar-refractivity contribution in [3.63, 3.8) is 0 Å². The summed E-state index contributed by atoms with van der Waals surface area (Å²) in [6, 6.07) is 5.75. The summed E-state index contributed by atoms with van der Waals surface area (Å²) in [6.45, 7) is 6.15. The molecule has 0 aliphatic heterocycles. The predicted molar refractivity (Wildman–Crippen MR) is 59.2 cm³/mol. The van der Waals surface area contributed by atoms with Crippen LogP contribution in [0.3, 0.4) is 0 Å². The van der Waals surface area contributed by atoms with Gasteiger partial charge >= 0.3 is 0 Å². The quantitative estimate of drug-likeness (QED) is 0.774. The smallest absolute Gasteiger partial charge is 0.128 e. The van der Waals surface area contributed by atoms with Gasteiger partial charge in [-0.3, -0.25) is 0 Å². The molecule has 0 amide bonds. The van der Waals surface area contributed by atoms with Gasteiger partial charge in [0.15, 0.2) is 0 Å². The van der Waals surface area contributed by atoms with Gasteiger partial charge in [0.25, 0.3) is 0 Å². The molecule has 1 rings (SSSR count). The van der Waals surface area contributed by atoms with Gasteiger partial charge in [0, 0.05) is 11.7 Å². The third kappa shape index (κ3) is 2.72. The number of rotatable bonds is 4. The summed E-state index contributed by atoms with van der Waals surface area (Å²) in [5.41, 5.74) is 1.65. The molecule has 0 heterocycles. The summed E-state index contributed by atoms with van der Waals surface area (Å²) in [6.07, 6.45) is 1.78. The lowest BCUT2D eigenvalue weighted by Gasteiger charge is -2.13. The Morgan fingerprint density at radius 2 is 2.07 bits per heavy atom. The Morgan fingerprint density at radius 3 is 2.57 bits per heavy atom. The number of hydrogen-bond acceptors (Lipinski definition) is 1. The van der Waals surface area contributed by atoms with Crippen molar-refractivity contribution in [2.45, 2.75) is 39.7 Å².